The van der Waals surface area contributed by atoms with Crippen LogP contribution in [-0.2, 0) is 16.8 Å². The first-order valence-electron chi connectivity index (χ1n) is 9.84. The molecule has 0 aromatic heterocycles. The summed E-state index contributed by atoms with van der Waals surface area (Å²) in [5.41, 5.74) is 5.01. The molecule has 3 aromatic carbocycles. The van der Waals surface area contributed by atoms with Crippen LogP contribution in [0.5, 0.6) is 0 Å². The lowest BCUT2D eigenvalue weighted by atomic mass is 9.87. The number of nitrogens with one attached hydrogen (secondary N) is 1. The summed E-state index contributed by atoms with van der Waals surface area (Å²) < 4.78 is 0. The van der Waals surface area contributed by atoms with Crippen molar-refractivity contribution in [2.45, 2.75) is 32.7 Å². The van der Waals surface area contributed by atoms with E-state index in [1.165, 1.54) is 5.56 Å². The van der Waals surface area contributed by atoms with E-state index >= 15 is 0 Å². The number of carbonyl (C=O) groups excluding carboxylic acids is 2. The van der Waals surface area contributed by atoms with Gasteiger partial charge in [0.25, 0.3) is 11.7 Å². The van der Waals surface area contributed by atoms with Gasteiger partial charge in [-0.1, -0.05) is 56.6 Å². The normalized spacial score (nSPS) is 13.5. The average Bonchev–Trinajstić information content (AvgIpc) is 2.94. The number of benzene rings is 3. The van der Waals surface area contributed by atoms with Crippen LogP contribution >= 0.6 is 11.6 Å². The monoisotopic (exact) mass is 418 g/mol. The number of anilines is 3. The number of Topliss-reactive ketones (excluding diaryl/α,β-unsaturated/α-hetero) is 1. The first-order chi connectivity index (χ1) is 14.2. The molecule has 3 aromatic rings. The van der Waals surface area contributed by atoms with Crippen LogP contribution in [0.1, 0.15) is 42.3 Å². The predicted molar refractivity (Wildman–Crippen MR) is 122 cm³/mol. The summed E-state index contributed by atoms with van der Waals surface area (Å²) in [5.74, 6) is -0.956. The second kappa shape index (κ2) is 7.62. The van der Waals surface area contributed by atoms with E-state index in [1.807, 2.05) is 30.3 Å². The van der Waals surface area contributed by atoms with E-state index in [-0.39, 0.29) is 5.41 Å². The molecule has 0 saturated heterocycles. The zero-order valence-electron chi connectivity index (χ0n) is 17.2. The number of carbonyl (C=O) groups is 2. The molecule has 0 aliphatic carbocycles. The molecule has 1 amide bonds. The minimum Gasteiger partial charge on any atom is -0.355 e. The SMILES string of the molecule is CC(C)(C)c1ccc(CN2C(=O)C(=O)c3ccc(Nc4ccc(Cl)cc4)cc32)cc1. The van der Waals surface area contributed by atoms with Crippen LogP contribution < -0.4 is 10.2 Å². The summed E-state index contributed by atoms with van der Waals surface area (Å²) in [6.45, 7) is 6.84. The number of halogens is 1. The van der Waals surface area contributed by atoms with Crippen LogP contribution in [-0.4, -0.2) is 11.7 Å². The van der Waals surface area contributed by atoms with Crippen molar-refractivity contribution in [3.8, 4) is 0 Å². The van der Waals surface area contributed by atoms with Crippen molar-refractivity contribution in [3.63, 3.8) is 0 Å². The molecule has 0 bridgehead atoms. The standard InChI is InChI=1S/C25H23ClN2O2/c1-25(2,3)17-6-4-16(5-7-17)15-28-22-14-20(12-13-21(22)23(29)24(28)30)27-19-10-8-18(26)9-11-19/h4-14,27H,15H2,1-3H3. The van der Waals surface area contributed by atoms with Gasteiger partial charge in [0.1, 0.15) is 0 Å². The number of hydrogen-bond donors (Lipinski definition) is 1. The molecule has 1 heterocycles. The topological polar surface area (TPSA) is 49.4 Å². The van der Waals surface area contributed by atoms with Gasteiger partial charge in [-0.3, -0.25) is 9.59 Å². The highest BCUT2D eigenvalue weighted by Crippen LogP contribution is 2.34. The molecular weight excluding hydrogens is 396 g/mol. The van der Waals surface area contributed by atoms with Crippen molar-refractivity contribution in [1.82, 2.24) is 0 Å². The van der Waals surface area contributed by atoms with E-state index in [2.05, 4.69) is 38.2 Å². The third-order valence-electron chi connectivity index (χ3n) is 5.27. The van der Waals surface area contributed by atoms with E-state index in [4.69, 9.17) is 11.6 Å². The summed E-state index contributed by atoms with van der Waals surface area (Å²) in [4.78, 5) is 26.7. The second-order valence-electron chi connectivity index (χ2n) is 8.53. The molecule has 1 aliphatic heterocycles. The van der Waals surface area contributed by atoms with Crippen molar-refractivity contribution in [1.29, 1.82) is 0 Å². The molecule has 1 aliphatic rings. The molecule has 0 radical (unpaired) electrons. The molecule has 0 spiro atoms. The highest BCUT2D eigenvalue weighted by molar-refractivity contribution is 6.52. The fraction of sp³-hybridized carbons (Fsp3) is 0.200. The number of hydrogen-bond acceptors (Lipinski definition) is 3. The van der Waals surface area contributed by atoms with Gasteiger partial charge in [-0.15, -0.1) is 0 Å². The number of ketones is 1. The van der Waals surface area contributed by atoms with Crippen LogP contribution in [0.25, 0.3) is 0 Å². The lowest BCUT2D eigenvalue weighted by molar-refractivity contribution is -0.114. The van der Waals surface area contributed by atoms with Gasteiger partial charge in [-0.05, 0) is 59.0 Å². The summed E-state index contributed by atoms with van der Waals surface area (Å²) in [6, 6.07) is 20.9. The Morgan fingerprint density at radius 2 is 1.50 bits per heavy atom. The molecule has 0 atom stereocenters. The summed E-state index contributed by atoms with van der Waals surface area (Å²) in [6.07, 6.45) is 0. The molecule has 1 N–H and O–H groups in total. The number of amides is 1. The molecular formula is C25H23ClN2O2. The first kappa shape index (κ1) is 20.2. The van der Waals surface area contributed by atoms with Crippen molar-refractivity contribution in [2.75, 3.05) is 10.2 Å². The van der Waals surface area contributed by atoms with E-state index in [0.717, 1.165) is 16.9 Å². The lowest BCUT2D eigenvalue weighted by Gasteiger charge is -2.21. The highest BCUT2D eigenvalue weighted by atomic mass is 35.5. The van der Waals surface area contributed by atoms with Gasteiger partial charge >= 0.3 is 0 Å². The van der Waals surface area contributed by atoms with Gasteiger partial charge in [-0.25, -0.2) is 0 Å². The van der Waals surface area contributed by atoms with E-state index in [1.54, 1.807) is 29.2 Å². The van der Waals surface area contributed by atoms with Gasteiger partial charge in [0.15, 0.2) is 0 Å². The number of fused-ring (bicyclic) bond motifs is 1. The van der Waals surface area contributed by atoms with Crippen molar-refractivity contribution in [2.24, 2.45) is 0 Å². The van der Waals surface area contributed by atoms with Gasteiger partial charge in [0.05, 0.1) is 17.8 Å². The van der Waals surface area contributed by atoms with Crippen LogP contribution in [0.2, 0.25) is 5.02 Å². The highest BCUT2D eigenvalue weighted by Gasteiger charge is 2.36. The zero-order valence-corrected chi connectivity index (χ0v) is 18.0. The van der Waals surface area contributed by atoms with Crippen molar-refractivity contribution in [3.05, 3.63) is 88.4 Å². The minimum absolute atomic E-state index is 0.0623. The first-order valence-corrected chi connectivity index (χ1v) is 10.2. The van der Waals surface area contributed by atoms with E-state index in [0.29, 0.717) is 22.8 Å². The molecule has 0 unspecified atom stereocenters. The molecule has 0 saturated carbocycles. The molecule has 5 heteroatoms. The Morgan fingerprint density at radius 3 is 2.13 bits per heavy atom. The second-order valence-corrected chi connectivity index (χ2v) is 8.97. The predicted octanol–water partition coefficient (Wildman–Crippen LogP) is 6.11. The third kappa shape index (κ3) is 3.96. The molecule has 4 rings (SSSR count). The Kier molecular flexibility index (Phi) is 5.12. The molecule has 152 valence electrons. The molecule has 30 heavy (non-hydrogen) atoms. The van der Waals surface area contributed by atoms with Crippen molar-refractivity contribution >= 4 is 40.4 Å². The smallest absolute Gasteiger partial charge is 0.299 e. The van der Waals surface area contributed by atoms with Gasteiger partial charge in [0, 0.05) is 16.4 Å². The Bertz CT molecular complexity index is 1110. The lowest BCUT2D eigenvalue weighted by Crippen LogP contribution is -2.29. The zero-order chi connectivity index (χ0) is 21.5. The van der Waals surface area contributed by atoms with Crippen LogP contribution in [0.4, 0.5) is 17.1 Å². The van der Waals surface area contributed by atoms with Crippen LogP contribution in [0, 0.1) is 0 Å². The van der Waals surface area contributed by atoms with Crippen molar-refractivity contribution < 1.29 is 9.59 Å². The Labute approximate surface area is 181 Å². The summed E-state index contributed by atoms with van der Waals surface area (Å²) in [5, 5.41) is 3.95. The Hall–Kier alpha value is -3.11. The number of nitrogens with zero attached hydrogens (tertiary/aromatic N) is 1. The van der Waals surface area contributed by atoms with Crippen LogP contribution in [0.3, 0.4) is 0 Å². The fourth-order valence-electron chi connectivity index (χ4n) is 3.52. The largest absolute Gasteiger partial charge is 0.355 e. The average molecular weight is 419 g/mol. The molecule has 0 fully saturated rings. The summed E-state index contributed by atoms with van der Waals surface area (Å²) >= 11 is 5.94. The van der Waals surface area contributed by atoms with E-state index < -0.39 is 11.7 Å². The van der Waals surface area contributed by atoms with Gasteiger partial charge in [-0.2, -0.15) is 0 Å². The Morgan fingerprint density at radius 1 is 0.867 bits per heavy atom. The Balaban J connectivity index is 1.60. The summed E-state index contributed by atoms with van der Waals surface area (Å²) in [7, 11) is 0. The van der Waals surface area contributed by atoms with Gasteiger partial charge < -0.3 is 10.2 Å². The number of rotatable bonds is 4. The maximum Gasteiger partial charge on any atom is 0.299 e. The van der Waals surface area contributed by atoms with Gasteiger partial charge in [0.2, 0.25) is 0 Å². The minimum atomic E-state index is -0.492. The van der Waals surface area contributed by atoms with E-state index in [9.17, 15) is 9.59 Å². The van der Waals surface area contributed by atoms with Crippen LogP contribution in [0.15, 0.2) is 66.7 Å². The molecule has 4 nitrogen and oxygen atoms in total. The maximum absolute atomic E-state index is 12.6. The quantitative estimate of drug-likeness (QED) is 0.520. The maximum atomic E-state index is 12.6. The fourth-order valence-corrected chi connectivity index (χ4v) is 3.65. The third-order valence-corrected chi connectivity index (χ3v) is 5.52.